The molecule has 1 spiro atoms. The molecule has 0 amide bonds. The standard InChI is InChI=1S/C12H20O2/c13-11-6-9-12(10-14-11)7-4-2-1-3-5-8-12/h1-10H2. The van der Waals surface area contributed by atoms with Gasteiger partial charge in [0.25, 0.3) is 0 Å². The second-order valence-electron chi connectivity index (χ2n) is 4.93. The molecule has 0 atom stereocenters. The second-order valence-corrected chi connectivity index (χ2v) is 4.93. The minimum absolute atomic E-state index is 0.0117. The average Bonchev–Trinajstić information content (AvgIpc) is 2.16. The van der Waals surface area contributed by atoms with Crippen LogP contribution >= 0.6 is 0 Å². The summed E-state index contributed by atoms with van der Waals surface area (Å²) in [5, 5.41) is 0. The lowest BCUT2D eigenvalue weighted by molar-refractivity contribution is -0.155. The molecule has 0 aromatic carbocycles. The maximum atomic E-state index is 11.0. The molecule has 0 unspecified atom stereocenters. The summed E-state index contributed by atoms with van der Waals surface area (Å²) in [5.74, 6) is 0.0117. The largest absolute Gasteiger partial charge is 0.465 e. The van der Waals surface area contributed by atoms with Crippen molar-refractivity contribution in [3.05, 3.63) is 0 Å². The van der Waals surface area contributed by atoms with Crippen molar-refractivity contribution >= 4 is 5.97 Å². The van der Waals surface area contributed by atoms with Crippen LogP contribution in [0.25, 0.3) is 0 Å². The van der Waals surface area contributed by atoms with E-state index in [-0.39, 0.29) is 5.97 Å². The van der Waals surface area contributed by atoms with Crippen LogP contribution in [0.1, 0.15) is 57.8 Å². The molecule has 2 rings (SSSR count). The Morgan fingerprint density at radius 2 is 1.57 bits per heavy atom. The van der Waals surface area contributed by atoms with E-state index in [4.69, 9.17) is 4.74 Å². The molecule has 2 heteroatoms. The summed E-state index contributed by atoms with van der Waals surface area (Å²) in [6.45, 7) is 0.700. The highest BCUT2D eigenvalue weighted by Crippen LogP contribution is 2.40. The number of cyclic esters (lactones) is 1. The molecule has 2 aliphatic rings. The van der Waals surface area contributed by atoms with Crippen LogP contribution in [0.5, 0.6) is 0 Å². The number of ether oxygens (including phenoxy) is 1. The zero-order valence-electron chi connectivity index (χ0n) is 8.89. The van der Waals surface area contributed by atoms with Gasteiger partial charge in [-0.3, -0.25) is 4.79 Å². The number of carbonyl (C=O) groups excluding carboxylic acids is 1. The lowest BCUT2D eigenvalue weighted by Gasteiger charge is -2.37. The normalized spacial score (nSPS) is 27.9. The molecule has 2 nitrogen and oxygen atoms in total. The van der Waals surface area contributed by atoms with Crippen molar-refractivity contribution in [1.29, 1.82) is 0 Å². The first-order valence-corrected chi connectivity index (χ1v) is 5.96. The Kier molecular flexibility index (Phi) is 3.09. The number of esters is 1. The Balaban J connectivity index is 1.94. The Bertz CT molecular complexity index is 190. The lowest BCUT2D eigenvalue weighted by atomic mass is 9.73. The van der Waals surface area contributed by atoms with E-state index in [0.717, 1.165) is 6.42 Å². The average molecular weight is 196 g/mol. The van der Waals surface area contributed by atoms with E-state index in [9.17, 15) is 4.79 Å². The first kappa shape index (κ1) is 10.0. The topological polar surface area (TPSA) is 26.3 Å². The first-order chi connectivity index (χ1) is 6.81. The van der Waals surface area contributed by atoms with Gasteiger partial charge in [0.05, 0.1) is 6.61 Å². The van der Waals surface area contributed by atoms with Crippen molar-refractivity contribution in [2.24, 2.45) is 5.41 Å². The predicted octanol–water partition coefficient (Wildman–Crippen LogP) is 3.05. The third-order valence-electron chi connectivity index (χ3n) is 3.81. The number of rotatable bonds is 0. The van der Waals surface area contributed by atoms with Crippen LogP contribution in [-0.4, -0.2) is 12.6 Å². The molecule has 0 aromatic heterocycles. The summed E-state index contributed by atoms with van der Waals surface area (Å²) in [5.41, 5.74) is 0.369. The van der Waals surface area contributed by atoms with E-state index < -0.39 is 0 Å². The molecule has 14 heavy (non-hydrogen) atoms. The summed E-state index contributed by atoms with van der Waals surface area (Å²) in [7, 11) is 0. The third kappa shape index (κ3) is 2.28. The molecule has 1 aliphatic heterocycles. The fraction of sp³-hybridized carbons (Fsp3) is 0.917. The van der Waals surface area contributed by atoms with Crippen molar-refractivity contribution in [2.45, 2.75) is 57.8 Å². The van der Waals surface area contributed by atoms with Gasteiger partial charge in [-0.2, -0.15) is 0 Å². The Morgan fingerprint density at radius 1 is 0.929 bits per heavy atom. The molecule has 0 bridgehead atoms. The van der Waals surface area contributed by atoms with Crippen molar-refractivity contribution in [1.82, 2.24) is 0 Å². The summed E-state index contributed by atoms with van der Waals surface area (Å²) >= 11 is 0. The molecule has 0 radical (unpaired) electrons. The third-order valence-corrected chi connectivity index (χ3v) is 3.81. The van der Waals surface area contributed by atoms with Crippen LogP contribution in [0.2, 0.25) is 0 Å². The molecule has 1 aliphatic carbocycles. The van der Waals surface area contributed by atoms with Gasteiger partial charge in [0.15, 0.2) is 0 Å². The minimum Gasteiger partial charge on any atom is -0.465 e. The number of hydrogen-bond acceptors (Lipinski definition) is 2. The van der Waals surface area contributed by atoms with Crippen LogP contribution in [0, 0.1) is 5.41 Å². The molecule has 0 N–H and O–H groups in total. The highest BCUT2D eigenvalue weighted by atomic mass is 16.5. The van der Waals surface area contributed by atoms with Crippen LogP contribution in [-0.2, 0) is 9.53 Å². The molecular weight excluding hydrogens is 176 g/mol. The van der Waals surface area contributed by atoms with Crippen LogP contribution in [0.15, 0.2) is 0 Å². The monoisotopic (exact) mass is 196 g/mol. The van der Waals surface area contributed by atoms with Gasteiger partial charge in [0.1, 0.15) is 0 Å². The smallest absolute Gasteiger partial charge is 0.305 e. The van der Waals surface area contributed by atoms with Gasteiger partial charge in [-0.1, -0.05) is 32.1 Å². The van der Waals surface area contributed by atoms with E-state index >= 15 is 0 Å². The van der Waals surface area contributed by atoms with Crippen molar-refractivity contribution in [3.63, 3.8) is 0 Å². The van der Waals surface area contributed by atoms with E-state index in [1.54, 1.807) is 0 Å². The highest BCUT2D eigenvalue weighted by Gasteiger charge is 2.35. The van der Waals surface area contributed by atoms with Crippen LogP contribution in [0.4, 0.5) is 0 Å². The summed E-state index contributed by atoms with van der Waals surface area (Å²) in [4.78, 5) is 11.0. The Hall–Kier alpha value is -0.530. The maximum absolute atomic E-state index is 11.0. The van der Waals surface area contributed by atoms with Gasteiger partial charge < -0.3 is 4.74 Å². The van der Waals surface area contributed by atoms with Gasteiger partial charge >= 0.3 is 5.97 Å². The summed E-state index contributed by atoms with van der Waals surface area (Å²) < 4.78 is 5.23. The SMILES string of the molecule is O=C1CCC2(CCCCCCC2)CO1. The van der Waals surface area contributed by atoms with Gasteiger partial charge in [-0.15, -0.1) is 0 Å². The Labute approximate surface area is 86.0 Å². The van der Waals surface area contributed by atoms with Gasteiger partial charge in [0, 0.05) is 11.8 Å². The summed E-state index contributed by atoms with van der Waals surface area (Å²) in [6, 6.07) is 0. The van der Waals surface area contributed by atoms with Gasteiger partial charge in [0.2, 0.25) is 0 Å². The number of hydrogen-bond donors (Lipinski definition) is 0. The van der Waals surface area contributed by atoms with Crippen molar-refractivity contribution in [3.8, 4) is 0 Å². The van der Waals surface area contributed by atoms with Crippen LogP contribution < -0.4 is 0 Å². The highest BCUT2D eigenvalue weighted by molar-refractivity contribution is 5.70. The zero-order valence-corrected chi connectivity index (χ0v) is 8.89. The Morgan fingerprint density at radius 3 is 2.14 bits per heavy atom. The lowest BCUT2D eigenvalue weighted by Crippen LogP contribution is -2.34. The molecular formula is C12H20O2. The van der Waals surface area contributed by atoms with Crippen molar-refractivity contribution in [2.75, 3.05) is 6.61 Å². The first-order valence-electron chi connectivity index (χ1n) is 5.96. The molecule has 0 aromatic rings. The van der Waals surface area contributed by atoms with E-state index in [1.165, 1.54) is 44.9 Å². The zero-order chi connectivity index (χ0) is 9.86. The quantitative estimate of drug-likeness (QED) is 0.557. The van der Waals surface area contributed by atoms with Crippen LogP contribution in [0.3, 0.4) is 0 Å². The summed E-state index contributed by atoms with van der Waals surface area (Å²) in [6.07, 6.45) is 11.1. The molecule has 1 heterocycles. The predicted molar refractivity (Wildman–Crippen MR) is 54.9 cm³/mol. The molecule has 2 fully saturated rings. The van der Waals surface area contributed by atoms with Gasteiger partial charge in [-0.25, -0.2) is 0 Å². The van der Waals surface area contributed by atoms with E-state index in [0.29, 0.717) is 18.4 Å². The fourth-order valence-corrected chi connectivity index (χ4v) is 2.79. The fourth-order valence-electron chi connectivity index (χ4n) is 2.79. The van der Waals surface area contributed by atoms with Crippen molar-refractivity contribution < 1.29 is 9.53 Å². The minimum atomic E-state index is 0.0117. The maximum Gasteiger partial charge on any atom is 0.305 e. The van der Waals surface area contributed by atoms with Gasteiger partial charge in [-0.05, 0) is 19.3 Å². The molecule has 1 saturated carbocycles. The number of carbonyl (C=O) groups is 1. The molecule has 80 valence electrons. The van der Waals surface area contributed by atoms with E-state index in [2.05, 4.69) is 0 Å². The second kappa shape index (κ2) is 4.33. The van der Waals surface area contributed by atoms with E-state index in [1.807, 2.05) is 0 Å². The molecule has 1 saturated heterocycles.